The molecular formula is C31H28F2N8O3S. The van der Waals surface area contributed by atoms with Crippen LogP contribution in [0.1, 0.15) is 31.7 Å². The first-order chi connectivity index (χ1) is 21.6. The maximum Gasteiger partial charge on any atom is 0.224 e. The molecule has 230 valence electrons. The predicted octanol–water partition coefficient (Wildman–Crippen LogP) is 5.62. The van der Waals surface area contributed by atoms with Crippen molar-refractivity contribution >= 4 is 43.4 Å². The Morgan fingerprint density at radius 2 is 1.82 bits per heavy atom. The summed E-state index contributed by atoms with van der Waals surface area (Å²) in [7, 11) is -3.24. The summed E-state index contributed by atoms with van der Waals surface area (Å²) >= 11 is 0. The molecule has 0 atom stereocenters. The van der Waals surface area contributed by atoms with Crippen molar-refractivity contribution in [3.8, 4) is 34.0 Å². The number of hydrogen-bond acceptors (Lipinski definition) is 8. The van der Waals surface area contributed by atoms with E-state index in [0.29, 0.717) is 51.0 Å². The molecule has 0 unspecified atom stereocenters. The van der Waals surface area contributed by atoms with E-state index in [4.69, 9.17) is 0 Å². The Morgan fingerprint density at radius 3 is 2.62 bits per heavy atom. The number of H-pyrrole nitrogens is 2. The van der Waals surface area contributed by atoms with Crippen LogP contribution in [0.3, 0.4) is 0 Å². The van der Waals surface area contributed by atoms with Crippen LogP contribution < -0.4 is 5.32 Å². The molecule has 0 saturated heterocycles. The number of hydrogen-bond donors (Lipinski definition) is 3. The summed E-state index contributed by atoms with van der Waals surface area (Å²) in [5, 5.41) is 10.0. The van der Waals surface area contributed by atoms with E-state index in [2.05, 4.69) is 40.4 Å². The highest BCUT2D eigenvalue weighted by molar-refractivity contribution is 7.90. The molecule has 5 aromatic heterocycles. The fourth-order valence-electron chi connectivity index (χ4n) is 5.04. The number of nitrogens with one attached hydrogen (secondary N) is 3. The van der Waals surface area contributed by atoms with Crippen molar-refractivity contribution in [1.29, 1.82) is 0 Å². The molecule has 0 bridgehead atoms. The Bertz CT molecular complexity index is 2180. The fraction of sp³-hybridized carbons (Fsp3) is 0.226. The lowest BCUT2D eigenvalue weighted by atomic mass is 10.0. The molecule has 3 N–H and O–H groups in total. The van der Waals surface area contributed by atoms with Crippen LogP contribution in [-0.2, 0) is 21.1 Å². The standard InChI is InChI=1S/C31H28F2N8O3S/c1-3-4-5-24(42)37-21-13-19(14-34-15-21)27-26(33)25-23(16-36-27)40-41-30(25)31-38-22-6-8-35-28(29(22)39-31)18-10-17(11-20(32)12-18)7-9-45(2,43)44/h6,8,10-16H,3-5,7,9H2,1-2H3,(H,37,42)(H,38,39)(H,40,41). The van der Waals surface area contributed by atoms with Crippen molar-refractivity contribution in [3.05, 3.63) is 72.3 Å². The number of rotatable bonds is 10. The number of sulfone groups is 1. The van der Waals surface area contributed by atoms with Gasteiger partial charge in [-0.05, 0) is 48.7 Å². The molecular weight excluding hydrogens is 602 g/mol. The molecule has 0 fully saturated rings. The third-order valence-electron chi connectivity index (χ3n) is 7.22. The molecule has 5 heterocycles. The Labute approximate surface area is 256 Å². The molecule has 0 aliphatic rings. The lowest BCUT2D eigenvalue weighted by Gasteiger charge is -2.08. The number of aromatic amines is 2. The molecule has 0 saturated carbocycles. The zero-order valence-electron chi connectivity index (χ0n) is 24.4. The van der Waals surface area contributed by atoms with Gasteiger partial charge in [0.15, 0.2) is 11.6 Å². The van der Waals surface area contributed by atoms with E-state index in [1.54, 1.807) is 18.2 Å². The topological polar surface area (TPSA) is 159 Å². The minimum absolute atomic E-state index is 0.0159. The van der Waals surface area contributed by atoms with Crippen LogP contribution in [0.25, 0.3) is 56.0 Å². The molecule has 0 spiro atoms. The minimum atomic E-state index is -3.24. The number of amides is 1. The molecule has 1 amide bonds. The minimum Gasteiger partial charge on any atom is -0.336 e. The first kappa shape index (κ1) is 29.9. The summed E-state index contributed by atoms with van der Waals surface area (Å²) in [6.45, 7) is 2.00. The zero-order valence-corrected chi connectivity index (χ0v) is 25.2. The monoisotopic (exact) mass is 630 g/mol. The number of fused-ring (bicyclic) bond motifs is 2. The van der Waals surface area contributed by atoms with Gasteiger partial charge in [0, 0.05) is 36.2 Å². The van der Waals surface area contributed by atoms with Crippen LogP contribution in [-0.4, -0.2) is 61.5 Å². The van der Waals surface area contributed by atoms with Crippen LogP contribution in [0.4, 0.5) is 14.5 Å². The Balaban J connectivity index is 1.38. The first-order valence-electron chi connectivity index (χ1n) is 14.2. The lowest BCUT2D eigenvalue weighted by Crippen LogP contribution is -2.11. The summed E-state index contributed by atoms with van der Waals surface area (Å²) < 4.78 is 54.1. The number of unbranched alkanes of at least 4 members (excludes halogenated alkanes) is 1. The molecule has 0 radical (unpaired) electrons. The van der Waals surface area contributed by atoms with Crippen LogP contribution in [0.2, 0.25) is 0 Å². The quantitative estimate of drug-likeness (QED) is 0.176. The van der Waals surface area contributed by atoms with Crippen molar-refractivity contribution in [2.45, 2.75) is 32.6 Å². The smallest absolute Gasteiger partial charge is 0.224 e. The van der Waals surface area contributed by atoms with Gasteiger partial charge in [0.2, 0.25) is 5.91 Å². The van der Waals surface area contributed by atoms with E-state index in [9.17, 15) is 17.6 Å². The molecule has 11 nitrogen and oxygen atoms in total. The number of aromatic nitrogens is 7. The molecule has 0 aliphatic carbocycles. The number of aryl methyl sites for hydroxylation is 1. The number of benzene rings is 1. The second-order valence-electron chi connectivity index (χ2n) is 10.8. The van der Waals surface area contributed by atoms with E-state index in [0.717, 1.165) is 19.1 Å². The van der Waals surface area contributed by atoms with E-state index >= 15 is 4.39 Å². The number of imidazole rings is 1. The molecule has 0 aliphatic heterocycles. The van der Waals surface area contributed by atoms with Gasteiger partial charge < -0.3 is 10.3 Å². The summed E-state index contributed by atoms with van der Waals surface area (Å²) in [5.74, 6) is -1.23. The fourth-order valence-corrected chi connectivity index (χ4v) is 5.65. The van der Waals surface area contributed by atoms with E-state index in [1.165, 1.54) is 36.9 Å². The van der Waals surface area contributed by atoms with E-state index in [-0.39, 0.29) is 40.7 Å². The average molecular weight is 631 g/mol. The number of halogens is 2. The summed E-state index contributed by atoms with van der Waals surface area (Å²) in [4.78, 5) is 32.9. The van der Waals surface area contributed by atoms with Crippen LogP contribution in [0, 0.1) is 11.6 Å². The first-order valence-corrected chi connectivity index (χ1v) is 16.3. The Hall–Kier alpha value is -5.11. The molecule has 6 rings (SSSR count). The largest absolute Gasteiger partial charge is 0.336 e. The van der Waals surface area contributed by atoms with Crippen molar-refractivity contribution < 1.29 is 22.0 Å². The maximum absolute atomic E-state index is 16.2. The molecule has 6 aromatic rings. The zero-order chi connectivity index (χ0) is 31.7. The van der Waals surface area contributed by atoms with Gasteiger partial charge in [0.25, 0.3) is 0 Å². The van der Waals surface area contributed by atoms with Gasteiger partial charge in [0.1, 0.15) is 32.6 Å². The van der Waals surface area contributed by atoms with Crippen molar-refractivity contribution in [3.63, 3.8) is 0 Å². The van der Waals surface area contributed by atoms with Crippen molar-refractivity contribution in [2.75, 3.05) is 17.3 Å². The van der Waals surface area contributed by atoms with E-state index < -0.39 is 21.5 Å². The highest BCUT2D eigenvalue weighted by atomic mass is 32.2. The predicted molar refractivity (Wildman–Crippen MR) is 167 cm³/mol. The van der Waals surface area contributed by atoms with Crippen LogP contribution in [0.5, 0.6) is 0 Å². The summed E-state index contributed by atoms with van der Waals surface area (Å²) in [6, 6.07) is 7.57. The van der Waals surface area contributed by atoms with Gasteiger partial charge in [-0.15, -0.1) is 0 Å². The second-order valence-corrected chi connectivity index (χ2v) is 13.0. The average Bonchev–Trinajstić information content (AvgIpc) is 3.63. The van der Waals surface area contributed by atoms with Gasteiger partial charge in [-0.3, -0.25) is 24.8 Å². The maximum atomic E-state index is 16.2. The number of anilines is 1. The summed E-state index contributed by atoms with van der Waals surface area (Å²) in [5.41, 5.74) is 3.57. The van der Waals surface area contributed by atoms with Crippen LogP contribution >= 0.6 is 0 Å². The normalized spacial score (nSPS) is 11.8. The summed E-state index contributed by atoms with van der Waals surface area (Å²) in [6.07, 6.45) is 9.22. The van der Waals surface area contributed by atoms with E-state index in [1.807, 2.05) is 6.92 Å². The molecule has 45 heavy (non-hydrogen) atoms. The Morgan fingerprint density at radius 1 is 0.978 bits per heavy atom. The van der Waals surface area contributed by atoms with Gasteiger partial charge >= 0.3 is 0 Å². The molecule has 1 aromatic carbocycles. The van der Waals surface area contributed by atoms with Gasteiger partial charge in [-0.2, -0.15) is 5.10 Å². The van der Waals surface area contributed by atoms with Crippen LogP contribution in [0.15, 0.2) is 55.1 Å². The number of carbonyl (C=O) groups excluding carboxylic acids is 1. The number of pyridine rings is 3. The number of nitrogens with zero attached hydrogens (tertiary/aromatic N) is 5. The Kier molecular flexibility index (Phi) is 8.06. The third-order valence-corrected chi connectivity index (χ3v) is 8.16. The van der Waals surface area contributed by atoms with Gasteiger partial charge in [0.05, 0.1) is 45.9 Å². The van der Waals surface area contributed by atoms with Crippen molar-refractivity contribution in [1.82, 2.24) is 35.1 Å². The highest BCUT2D eigenvalue weighted by Gasteiger charge is 2.22. The SMILES string of the molecule is CCCCC(=O)Nc1cncc(-c2ncc3[nH]nc(-c4nc5c(-c6cc(F)cc(CCS(C)(=O)=O)c6)nccc5[nH]4)c3c2F)c1. The second kappa shape index (κ2) is 12.1. The lowest BCUT2D eigenvalue weighted by molar-refractivity contribution is -0.116. The highest BCUT2D eigenvalue weighted by Crippen LogP contribution is 2.34. The van der Waals surface area contributed by atoms with Crippen molar-refractivity contribution in [2.24, 2.45) is 0 Å². The molecule has 14 heteroatoms. The number of carbonyl (C=O) groups is 1. The van der Waals surface area contributed by atoms with Gasteiger partial charge in [-0.25, -0.2) is 22.2 Å². The van der Waals surface area contributed by atoms with Gasteiger partial charge in [-0.1, -0.05) is 13.3 Å². The third kappa shape index (κ3) is 6.41.